The van der Waals surface area contributed by atoms with Crippen LogP contribution in [0.1, 0.15) is 21.5 Å². The summed E-state index contributed by atoms with van der Waals surface area (Å²) in [6.45, 7) is 0.408. The molecule has 6 heteroatoms. The number of nitrogens with one attached hydrogen (secondary N) is 2. The summed E-state index contributed by atoms with van der Waals surface area (Å²) in [5, 5.41) is 15.1. The van der Waals surface area contributed by atoms with E-state index in [2.05, 4.69) is 21.7 Å². The van der Waals surface area contributed by atoms with Gasteiger partial charge in [0, 0.05) is 18.3 Å². The number of nitriles is 1. The number of para-hydroxylation sites is 1. The van der Waals surface area contributed by atoms with E-state index in [0.29, 0.717) is 29.2 Å². The van der Waals surface area contributed by atoms with Crippen molar-refractivity contribution in [1.82, 2.24) is 10.3 Å². The third-order valence-corrected chi connectivity index (χ3v) is 3.94. The summed E-state index contributed by atoms with van der Waals surface area (Å²) in [5.41, 5.74) is 2.60. The van der Waals surface area contributed by atoms with Gasteiger partial charge in [-0.25, -0.2) is 4.98 Å². The van der Waals surface area contributed by atoms with Crippen molar-refractivity contribution in [1.29, 1.82) is 5.26 Å². The standard InChI is InChI=1S/C21H18N4O2/c1-27-18-8-6-15(7-9-18)14-24-21(26)16-10-11-23-20(12-16)25-19-5-3-2-4-17(19)13-22/h2-12H,14H2,1H3,(H,23,25)(H,24,26). The Morgan fingerprint density at radius 3 is 2.67 bits per heavy atom. The topological polar surface area (TPSA) is 87.0 Å². The lowest BCUT2D eigenvalue weighted by molar-refractivity contribution is 0.0951. The number of methoxy groups -OCH3 is 1. The van der Waals surface area contributed by atoms with Crippen molar-refractivity contribution in [3.8, 4) is 11.8 Å². The van der Waals surface area contributed by atoms with Crippen LogP contribution in [0.3, 0.4) is 0 Å². The molecule has 3 rings (SSSR count). The molecule has 2 aromatic carbocycles. The van der Waals surface area contributed by atoms with Gasteiger partial charge in [-0.15, -0.1) is 0 Å². The Morgan fingerprint density at radius 2 is 1.93 bits per heavy atom. The summed E-state index contributed by atoms with van der Waals surface area (Å²) in [7, 11) is 1.61. The third-order valence-electron chi connectivity index (χ3n) is 3.94. The zero-order valence-corrected chi connectivity index (χ0v) is 14.8. The van der Waals surface area contributed by atoms with Gasteiger partial charge in [0.1, 0.15) is 17.6 Å². The Hall–Kier alpha value is -3.85. The molecule has 0 spiro atoms. The van der Waals surface area contributed by atoms with Crippen molar-refractivity contribution < 1.29 is 9.53 Å². The maximum atomic E-state index is 12.4. The number of aromatic nitrogens is 1. The van der Waals surface area contributed by atoms with Gasteiger partial charge < -0.3 is 15.4 Å². The summed E-state index contributed by atoms with van der Waals surface area (Å²) in [6.07, 6.45) is 1.56. The van der Waals surface area contributed by atoms with Crippen molar-refractivity contribution in [2.75, 3.05) is 12.4 Å². The zero-order chi connectivity index (χ0) is 19.1. The minimum absolute atomic E-state index is 0.204. The monoisotopic (exact) mass is 358 g/mol. The lowest BCUT2D eigenvalue weighted by atomic mass is 10.2. The highest BCUT2D eigenvalue weighted by atomic mass is 16.5. The maximum Gasteiger partial charge on any atom is 0.251 e. The quantitative estimate of drug-likeness (QED) is 0.702. The smallest absolute Gasteiger partial charge is 0.251 e. The SMILES string of the molecule is COc1ccc(CNC(=O)c2ccnc(Nc3ccccc3C#N)c2)cc1. The molecule has 0 fully saturated rings. The van der Waals surface area contributed by atoms with Crippen LogP contribution in [0, 0.1) is 11.3 Å². The molecule has 2 N–H and O–H groups in total. The molecule has 134 valence electrons. The number of ether oxygens (including phenoxy) is 1. The van der Waals surface area contributed by atoms with Gasteiger partial charge in [0.15, 0.2) is 0 Å². The fraction of sp³-hybridized carbons (Fsp3) is 0.0952. The second kappa shape index (κ2) is 8.50. The van der Waals surface area contributed by atoms with Crippen LogP contribution in [-0.2, 0) is 6.54 Å². The Balaban J connectivity index is 1.67. The van der Waals surface area contributed by atoms with E-state index in [1.54, 1.807) is 43.6 Å². The fourth-order valence-corrected chi connectivity index (χ4v) is 2.50. The molecule has 0 saturated heterocycles. The van der Waals surface area contributed by atoms with Crippen LogP contribution in [0.15, 0.2) is 66.9 Å². The van der Waals surface area contributed by atoms with E-state index < -0.39 is 0 Å². The number of benzene rings is 2. The molecule has 0 unspecified atom stereocenters. The number of amides is 1. The summed E-state index contributed by atoms with van der Waals surface area (Å²) < 4.78 is 5.12. The Labute approximate surface area is 157 Å². The summed E-state index contributed by atoms with van der Waals surface area (Å²) in [6, 6.07) is 20.0. The highest BCUT2D eigenvalue weighted by Gasteiger charge is 2.08. The molecule has 0 aliphatic carbocycles. The molecule has 6 nitrogen and oxygen atoms in total. The molecule has 1 aromatic heterocycles. The molecular weight excluding hydrogens is 340 g/mol. The van der Waals surface area contributed by atoms with Gasteiger partial charge in [-0.2, -0.15) is 5.26 Å². The molecule has 1 amide bonds. The predicted molar refractivity (Wildman–Crippen MR) is 103 cm³/mol. The fourth-order valence-electron chi connectivity index (χ4n) is 2.50. The summed E-state index contributed by atoms with van der Waals surface area (Å²) in [4.78, 5) is 16.6. The normalized spacial score (nSPS) is 9.93. The van der Waals surface area contributed by atoms with Gasteiger partial charge in [-0.1, -0.05) is 24.3 Å². The van der Waals surface area contributed by atoms with Gasteiger partial charge in [-0.3, -0.25) is 4.79 Å². The van der Waals surface area contributed by atoms with Crippen molar-refractivity contribution in [2.45, 2.75) is 6.54 Å². The molecule has 0 atom stereocenters. The van der Waals surface area contributed by atoms with Gasteiger partial charge in [0.25, 0.3) is 5.91 Å². The molecule has 0 aliphatic heterocycles. The summed E-state index contributed by atoms with van der Waals surface area (Å²) in [5.74, 6) is 1.06. The Kier molecular flexibility index (Phi) is 5.65. The van der Waals surface area contributed by atoms with E-state index in [1.807, 2.05) is 30.3 Å². The second-order valence-corrected chi connectivity index (χ2v) is 5.74. The van der Waals surface area contributed by atoms with E-state index in [-0.39, 0.29) is 5.91 Å². The second-order valence-electron chi connectivity index (χ2n) is 5.74. The van der Waals surface area contributed by atoms with Crippen LogP contribution in [0.5, 0.6) is 5.75 Å². The highest BCUT2D eigenvalue weighted by Crippen LogP contribution is 2.19. The van der Waals surface area contributed by atoms with Crippen LogP contribution >= 0.6 is 0 Å². The maximum absolute atomic E-state index is 12.4. The van der Waals surface area contributed by atoms with Crippen LogP contribution in [0.4, 0.5) is 11.5 Å². The lowest BCUT2D eigenvalue weighted by Crippen LogP contribution is -2.22. The van der Waals surface area contributed by atoms with Gasteiger partial charge >= 0.3 is 0 Å². The first-order valence-corrected chi connectivity index (χ1v) is 8.33. The zero-order valence-electron chi connectivity index (χ0n) is 14.8. The van der Waals surface area contributed by atoms with Crippen LogP contribution in [0.25, 0.3) is 0 Å². The number of anilines is 2. The minimum atomic E-state index is -0.204. The summed E-state index contributed by atoms with van der Waals surface area (Å²) >= 11 is 0. The lowest BCUT2D eigenvalue weighted by Gasteiger charge is -2.09. The third kappa shape index (κ3) is 4.61. The number of hydrogen-bond donors (Lipinski definition) is 2. The van der Waals surface area contributed by atoms with Crippen LogP contribution < -0.4 is 15.4 Å². The first-order valence-electron chi connectivity index (χ1n) is 8.33. The first kappa shape index (κ1) is 18.0. The van der Waals surface area contributed by atoms with Crippen LogP contribution in [0.2, 0.25) is 0 Å². The molecule has 3 aromatic rings. The van der Waals surface area contributed by atoms with E-state index >= 15 is 0 Å². The largest absolute Gasteiger partial charge is 0.497 e. The number of hydrogen-bond acceptors (Lipinski definition) is 5. The van der Waals surface area contributed by atoms with Crippen molar-refractivity contribution in [2.24, 2.45) is 0 Å². The van der Waals surface area contributed by atoms with Crippen LogP contribution in [-0.4, -0.2) is 18.0 Å². The molecule has 27 heavy (non-hydrogen) atoms. The first-order chi connectivity index (χ1) is 13.2. The van der Waals surface area contributed by atoms with Crippen molar-refractivity contribution >= 4 is 17.4 Å². The Bertz CT molecular complexity index is 978. The molecule has 0 saturated carbocycles. The number of rotatable bonds is 6. The molecule has 0 bridgehead atoms. The number of nitrogens with zero attached hydrogens (tertiary/aromatic N) is 2. The number of carbonyl (C=O) groups is 1. The molecular formula is C21H18N4O2. The van der Waals surface area contributed by atoms with E-state index in [1.165, 1.54) is 0 Å². The van der Waals surface area contributed by atoms with Crippen molar-refractivity contribution in [3.63, 3.8) is 0 Å². The number of carbonyl (C=O) groups excluding carboxylic acids is 1. The molecule has 0 radical (unpaired) electrons. The van der Waals surface area contributed by atoms with E-state index in [0.717, 1.165) is 11.3 Å². The Morgan fingerprint density at radius 1 is 1.15 bits per heavy atom. The highest BCUT2D eigenvalue weighted by molar-refractivity contribution is 5.94. The van der Waals surface area contributed by atoms with Gasteiger partial charge in [0.2, 0.25) is 0 Å². The van der Waals surface area contributed by atoms with Gasteiger partial charge in [0.05, 0.1) is 18.4 Å². The molecule has 0 aliphatic rings. The van der Waals surface area contributed by atoms with Crippen molar-refractivity contribution in [3.05, 3.63) is 83.6 Å². The van der Waals surface area contributed by atoms with E-state index in [4.69, 9.17) is 10.00 Å². The van der Waals surface area contributed by atoms with Gasteiger partial charge in [-0.05, 0) is 42.0 Å². The predicted octanol–water partition coefficient (Wildman–Crippen LogP) is 3.64. The average Bonchev–Trinajstić information content (AvgIpc) is 2.73. The molecule has 1 heterocycles. The number of pyridine rings is 1. The minimum Gasteiger partial charge on any atom is -0.497 e. The average molecular weight is 358 g/mol. The van der Waals surface area contributed by atoms with E-state index in [9.17, 15) is 4.79 Å².